The zero-order valence-corrected chi connectivity index (χ0v) is 18.3. The minimum atomic E-state index is -0.508. The minimum Gasteiger partial charge on any atom is -0.392 e. The van der Waals surface area contributed by atoms with E-state index >= 15 is 0 Å². The van der Waals surface area contributed by atoms with Crippen molar-refractivity contribution >= 4 is 23.4 Å². The summed E-state index contributed by atoms with van der Waals surface area (Å²) >= 11 is 7.37. The standard InChI is InChI=1S/C25H17ClN4OS/c26-17-13-11-16(12-14-17)21-20(15-27)23(28)32-24-22(21)29(18-7-3-1-4-8-18)25(31)30(24)19-9-5-2-6-10-19/h1-14,21H,28H2. The summed E-state index contributed by atoms with van der Waals surface area (Å²) in [7, 11) is 0. The molecule has 0 spiro atoms. The van der Waals surface area contributed by atoms with Gasteiger partial charge >= 0.3 is 5.69 Å². The fourth-order valence-corrected chi connectivity index (χ4v) is 5.22. The van der Waals surface area contributed by atoms with Crippen molar-refractivity contribution in [2.45, 2.75) is 10.9 Å². The zero-order valence-electron chi connectivity index (χ0n) is 16.8. The fraction of sp³-hybridized carbons (Fsp3) is 0.0400. The normalized spacial score (nSPS) is 15.3. The fourth-order valence-electron chi connectivity index (χ4n) is 4.02. The van der Waals surface area contributed by atoms with Crippen LogP contribution in [0.1, 0.15) is 17.2 Å². The molecule has 2 N–H and O–H groups in total. The van der Waals surface area contributed by atoms with E-state index in [4.69, 9.17) is 17.3 Å². The first-order valence-corrected chi connectivity index (χ1v) is 11.1. The Balaban J connectivity index is 1.89. The van der Waals surface area contributed by atoms with Crippen molar-refractivity contribution in [3.05, 3.63) is 122 Å². The van der Waals surface area contributed by atoms with Gasteiger partial charge in [-0.3, -0.25) is 9.13 Å². The van der Waals surface area contributed by atoms with Gasteiger partial charge in [-0.1, -0.05) is 71.9 Å². The van der Waals surface area contributed by atoms with Gasteiger partial charge in [0.05, 0.1) is 39.7 Å². The number of imidazole rings is 1. The average Bonchev–Trinajstić information content (AvgIpc) is 3.11. The molecule has 0 bridgehead atoms. The molecule has 1 aliphatic heterocycles. The molecule has 1 atom stereocenters. The molecule has 1 aromatic heterocycles. The summed E-state index contributed by atoms with van der Waals surface area (Å²) in [5.41, 5.74) is 9.58. The van der Waals surface area contributed by atoms with E-state index in [2.05, 4.69) is 6.07 Å². The van der Waals surface area contributed by atoms with E-state index < -0.39 is 5.92 Å². The molecule has 0 amide bonds. The van der Waals surface area contributed by atoms with Crippen LogP contribution in [0.3, 0.4) is 0 Å². The number of thioether (sulfide) groups is 1. The number of rotatable bonds is 3. The molecule has 2 heterocycles. The topological polar surface area (TPSA) is 76.7 Å². The Morgan fingerprint density at radius 2 is 1.44 bits per heavy atom. The molecule has 0 aliphatic carbocycles. The highest BCUT2D eigenvalue weighted by Gasteiger charge is 2.37. The Morgan fingerprint density at radius 3 is 2.00 bits per heavy atom. The van der Waals surface area contributed by atoms with Crippen molar-refractivity contribution in [1.29, 1.82) is 5.26 Å². The van der Waals surface area contributed by atoms with Gasteiger partial charge in [-0.25, -0.2) is 4.79 Å². The highest BCUT2D eigenvalue weighted by Crippen LogP contribution is 2.47. The van der Waals surface area contributed by atoms with Gasteiger partial charge in [-0.2, -0.15) is 5.26 Å². The molecule has 5 nitrogen and oxygen atoms in total. The second-order valence-electron chi connectivity index (χ2n) is 7.29. The number of halogens is 1. The summed E-state index contributed by atoms with van der Waals surface area (Å²) < 4.78 is 3.34. The van der Waals surface area contributed by atoms with Gasteiger partial charge in [0.15, 0.2) is 0 Å². The van der Waals surface area contributed by atoms with Crippen molar-refractivity contribution in [2.75, 3.05) is 0 Å². The molecule has 5 rings (SSSR count). The maximum absolute atomic E-state index is 13.8. The lowest BCUT2D eigenvalue weighted by molar-refractivity contribution is 0.820. The number of fused-ring (bicyclic) bond motifs is 1. The number of hydrogen-bond donors (Lipinski definition) is 1. The number of nitrogens with two attached hydrogens (primary N) is 1. The Bertz CT molecular complexity index is 1430. The van der Waals surface area contributed by atoms with Crippen LogP contribution in [-0.4, -0.2) is 9.13 Å². The second-order valence-corrected chi connectivity index (χ2v) is 8.76. The minimum absolute atomic E-state index is 0.217. The number of hydrogen-bond acceptors (Lipinski definition) is 4. The first-order valence-electron chi connectivity index (χ1n) is 9.91. The van der Waals surface area contributed by atoms with E-state index in [-0.39, 0.29) is 5.69 Å². The largest absolute Gasteiger partial charge is 0.392 e. The van der Waals surface area contributed by atoms with Crippen molar-refractivity contribution in [3.8, 4) is 17.4 Å². The quantitative estimate of drug-likeness (QED) is 0.459. The third-order valence-electron chi connectivity index (χ3n) is 5.43. The Hall–Kier alpha value is -3.66. The number of allylic oxidation sites excluding steroid dienone is 1. The Morgan fingerprint density at radius 1 is 0.875 bits per heavy atom. The van der Waals surface area contributed by atoms with Crippen LogP contribution >= 0.6 is 23.4 Å². The van der Waals surface area contributed by atoms with Crippen molar-refractivity contribution < 1.29 is 0 Å². The molecule has 0 radical (unpaired) electrons. The van der Waals surface area contributed by atoms with Crippen LogP contribution in [0.2, 0.25) is 5.02 Å². The summed E-state index contributed by atoms with van der Waals surface area (Å²) in [6, 6.07) is 28.5. The monoisotopic (exact) mass is 456 g/mol. The van der Waals surface area contributed by atoms with Gasteiger partial charge in [0.2, 0.25) is 0 Å². The Labute approximate surface area is 194 Å². The highest BCUT2D eigenvalue weighted by atomic mass is 35.5. The van der Waals surface area contributed by atoms with Crippen molar-refractivity contribution in [1.82, 2.24) is 9.13 Å². The van der Waals surface area contributed by atoms with Crippen LogP contribution in [0.5, 0.6) is 0 Å². The summed E-state index contributed by atoms with van der Waals surface area (Å²) in [6.45, 7) is 0. The van der Waals surface area contributed by atoms with Gasteiger partial charge in [0.1, 0.15) is 5.03 Å². The smallest absolute Gasteiger partial charge is 0.338 e. The third kappa shape index (κ3) is 3.23. The van der Waals surface area contributed by atoms with Crippen LogP contribution in [0, 0.1) is 11.3 Å². The van der Waals surface area contributed by atoms with Crippen molar-refractivity contribution in [3.63, 3.8) is 0 Å². The summed E-state index contributed by atoms with van der Waals surface area (Å²) in [5, 5.41) is 11.7. The number of aromatic nitrogens is 2. The molecule has 0 saturated heterocycles. The van der Waals surface area contributed by atoms with E-state index in [0.717, 1.165) is 16.9 Å². The SMILES string of the molecule is N#CC1=C(N)Sc2c(n(-c3ccccc3)c(=O)n2-c2ccccc2)C1c1ccc(Cl)cc1. The maximum atomic E-state index is 13.8. The van der Waals surface area contributed by atoms with E-state index in [9.17, 15) is 10.1 Å². The van der Waals surface area contributed by atoms with E-state index in [1.54, 1.807) is 21.3 Å². The van der Waals surface area contributed by atoms with E-state index in [1.807, 2.05) is 72.8 Å². The molecule has 4 aromatic rings. The summed E-state index contributed by atoms with van der Waals surface area (Å²) in [5.74, 6) is -0.508. The van der Waals surface area contributed by atoms with Crippen molar-refractivity contribution in [2.24, 2.45) is 5.73 Å². The molecular formula is C25H17ClN4OS. The molecule has 3 aromatic carbocycles. The highest BCUT2D eigenvalue weighted by molar-refractivity contribution is 8.03. The number of nitrogens with zero attached hydrogens (tertiary/aromatic N) is 3. The number of para-hydroxylation sites is 2. The third-order valence-corrected chi connectivity index (χ3v) is 6.71. The summed E-state index contributed by atoms with van der Waals surface area (Å²) in [6.07, 6.45) is 0. The zero-order chi connectivity index (χ0) is 22.2. The van der Waals surface area contributed by atoms with Gasteiger partial charge < -0.3 is 5.73 Å². The predicted molar refractivity (Wildman–Crippen MR) is 127 cm³/mol. The first kappa shape index (κ1) is 20.3. The molecule has 0 saturated carbocycles. The van der Waals surface area contributed by atoms with Gasteiger partial charge in [0.25, 0.3) is 0 Å². The molecular weight excluding hydrogens is 440 g/mol. The van der Waals surface area contributed by atoms with E-state index in [1.165, 1.54) is 11.8 Å². The summed E-state index contributed by atoms with van der Waals surface area (Å²) in [4.78, 5) is 13.8. The van der Waals surface area contributed by atoms with E-state index in [0.29, 0.717) is 26.3 Å². The number of benzene rings is 3. The molecule has 156 valence electrons. The lowest BCUT2D eigenvalue weighted by Crippen LogP contribution is -2.24. The Kier molecular flexibility index (Phi) is 5.14. The lowest BCUT2D eigenvalue weighted by atomic mass is 9.89. The first-order chi connectivity index (χ1) is 15.6. The molecule has 1 aliphatic rings. The molecule has 1 unspecified atom stereocenters. The van der Waals surface area contributed by atoms with Crippen LogP contribution < -0.4 is 11.4 Å². The molecule has 32 heavy (non-hydrogen) atoms. The maximum Gasteiger partial charge on any atom is 0.338 e. The van der Waals surface area contributed by atoms with Crippen LogP contribution in [0.4, 0.5) is 0 Å². The molecule has 7 heteroatoms. The van der Waals surface area contributed by atoms with Crippen LogP contribution in [0.15, 0.2) is 105 Å². The van der Waals surface area contributed by atoms with Crippen LogP contribution in [0.25, 0.3) is 11.4 Å². The number of nitriles is 1. The second kappa shape index (κ2) is 8.12. The lowest BCUT2D eigenvalue weighted by Gasteiger charge is -2.25. The van der Waals surface area contributed by atoms with Gasteiger partial charge in [-0.05, 0) is 42.0 Å². The average molecular weight is 457 g/mol. The predicted octanol–water partition coefficient (Wildman–Crippen LogP) is 5.21. The molecule has 0 fully saturated rings. The van der Waals surface area contributed by atoms with Crippen LogP contribution in [-0.2, 0) is 0 Å². The van der Waals surface area contributed by atoms with Gasteiger partial charge in [-0.15, -0.1) is 0 Å². The van der Waals surface area contributed by atoms with Gasteiger partial charge in [0, 0.05) is 5.02 Å².